The quantitative estimate of drug-likeness (QED) is 0.494. The van der Waals surface area contributed by atoms with Crippen molar-refractivity contribution in [1.82, 2.24) is 5.32 Å². The fourth-order valence-electron chi connectivity index (χ4n) is 4.23. The molecule has 2 aromatic rings. The van der Waals surface area contributed by atoms with Crippen LogP contribution in [0.3, 0.4) is 0 Å². The van der Waals surface area contributed by atoms with Gasteiger partial charge in [-0.3, -0.25) is 0 Å². The van der Waals surface area contributed by atoms with Crippen LogP contribution < -0.4 is 5.32 Å². The molecule has 1 saturated carbocycles. The van der Waals surface area contributed by atoms with Crippen LogP contribution in [0.4, 0.5) is 11.4 Å². The van der Waals surface area contributed by atoms with Crippen molar-refractivity contribution in [1.29, 1.82) is 0 Å². The molecule has 113 valence electrons. The van der Waals surface area contributed by atoms with Gasteiger partial charge in [0.25, 0.3) is 0 Å². The lowest BCUT2D eigenvalue weighted by Gasteiger charge is -2.24. The van der Waals surface area contributed by atoms with Gasteiger partial charge in [0.05, 0.1) is 11.4 Å². The van der Waals surface area contributed by atoms with E-state index >= 15 is 0 Å². The Labute approximate surface area is 133 Å². The molecule has 22 heavy (non-hydrogen) atoms. The zero-order valence-electron chi connectivity index (χ0n) is 13.4. The molecule has 1 fully saturated rings. The summed E-state index contributed by atoms with van der Waals surface area (Å²) in [6.07, 6.45) is 9.66. The van der Waals surface area contributed by atoms with Gasteiger partial charge in [-0.15, -0.1) is 0 Å². The van der Waals surface area contributed by atoms with Crippen molar-refractivity contribution < 1.29 is 0 Å². The van der Waals surface area contributed by atoms with Crippen LogP contribution in [0.1, 0.15) is 62.0 Å². The number of rotatable bonds is 1. The third-order valence-corrected chi connectivity index (χ3v) is 5.37. The van der Waals surface area contributed by atoms with Crippen LogP contribution in [0.5, 0.6) is 0 Å². The van der Waals surface area contributed by atoms with E-state index in [0.717, 1.165) is 5.69 Å². The average Bonchev–Trinajstić information content (AvgIpc) is 2.86. The van der Waals surface area contributed by atoms with Gasteiger partial charge in [-0.05, 0) is 42.9 Å². The molecule has 0 spiro atoms. The fraction of sp³-hybridized carbons (Fsp3) is 0.429. The number of nitrogens with zero attached hydrogens (tertiary/aromatic N) is 1. The number of hydrogen-bond acceptors (Lipinski definition) is 0. The lowest BCUT2D eigenvalue weighted by molar-refractivity contribution is 0.454. The van der Waals surface area contributed by atoms with Gasteiger partial charge in [-0.25, -0.2) is 5.32 Å². The molecule has 0 amide bonds. The van der Waals surface area contributed by atoms with Gasteiger partial charge < -0.3 is 0 Å². The van der Waals surface area contributed by atoms with E-state index in [1.54, 1.807) is 0 Å². The summed E-state index contributed by atoms with van der Waals surface area (Å²) < 4.78 is 0. The summed E-state index contributed by atoms with van der Waals surface area (Å²) in [5.74, 6) is 0.702. The molecule has 1 heterocycles. The van der Waals surface area contributed by atoms with Gasteiger partial charge in [0.1, 0.15) is 0 Å². The van der Waals surface area contributed by atoms with E-state index in [0.29, 0.717) is 5.92 Å². The van der Waals surface area contributed by atoms with Crippen LogP contribution in [0.25, 0.3) is 11.1 Å². The molecule has 0 unspecified atom stereocenters. The third-order valence-electron chi connectivity index (χ3n) is 5.37. The monoisotopic (exact) mass is 290 g/mol. The van der Waals surface area contributed by atoms with Gasteiger partial charge in [0.2, 0.25) is 0 Å². The van der Waals surface area contributed by atoms with Gasteiger partial charge in [0.15, 0.2) is 0 Å². The lowest BCUT2D eigenvalue weighted by Crippen LogP contribution is -2.06. The summed E-state index contributed by atoms with van der Waals surface area (Å²) in [6, 6.07) is 13.2. The van der Waals surface area contributed by atoms with Crippen molar-refractivity contribution in [3.05, 3.63) is 47.5 Å². The Bertz CT molecular complexity index is 678. The van der Waals surface area contributed by atoms with E-state index in [9.17, 15) is 0 Å². The van der Waals surface area contributed by atoms with Crippen LogP contribution in [0.15, 0.2) is 36.4 Å². The predicted octanol–water partition coefficient (Wildman–Crippen LogP) is 6.37. The fourth-order valence-corrected chi connectivity index (χ4v) is 4.23. The maximum absolute atomic E-state index is 5.01. The number of aryl methyl sites for hydroxylation is 1. The van der Waals surface area contributed by atoms with Crippen molar-refractivity contribution in [3.8, 4) is 11.1 Å². The molecule has 1 heteroatoms. The molecule has 0 atom stereocenters. The lowest BCUT2D eigenvalue weighted by atomic mass is 9.82. The standard InChI is InChI=1S/C21H24N/c1-15-13-14-18-17-11-7-8-12-19(17)22-21(18)20(15)16-9-5-3-2-4-6-10-16/h7-8,11-14,16H,2-6,9-10H2,1H3. The average molecular weight is 290 g/mol. The van der Waals surface area contributed by atoms with Gasteiger partial charge >= 0.3 is 0 Å². The van der Waals surface area contributed by atoms with Gasteiger partial charge in [-0.1, -0.05) is 62.4 Å². The number of para-hydroxylation sites is 1. The second-order valence-corrected chi connectivity index (χ2v) is 6.86. The van der Waals surface area contributed by atoms with Crippen LogP contribution in [0.2, 0.25) is 0 Å². The van der Waals surface area contributed by atoms with Crippen molar-refractivity contribution in [2.45, 2.75) is 57.8 Å². The molecule has 4 rings (SSSR count). The molecule has 2 aromatic carbocycles. The van der Waals surface area contributed by atoms with E-state index in [1.165, 1.54) is 72.9 Å². The summed E-state index contributed by atoms with van der Waals surface area (Å²) in [5.41, 5.74) is 8.04. The Kier molecular flexibility index (Phi) is 3.65. The Morgan fingerprint density at radius 3 is 2.36 bits per heavy atom. The largest absolute Gasteiger partial charge is 0.247 e. The van der Waals surface area contributed by atoms with Gasteiger partial charge in [0, 0.05) is 11.1 Å². The Balaban J connectivity index is 1.77. The summed E-state index contributed by atoms with van der Waals surface area (Å²) in [7, 11) is 0. The van der Waals surface area contributed by atoms with Crippen LogP contribution in [-0.2, 0) is 0 Å². The zero-order valence-corrected chi connectivity index (χ0v) is 13.4. The molecule has 1 aliphatic heterocycles. The minimum Gasteiger partial charge on any atom is -0.247 e. The van der Waals surface area contributed by atoms with Crippen LogP contribution in [0, 0.1) is 6.92 Å². The first-order valence-electron chi connectivity index (χ1n) is 8.79. The highest BCUT2D eigenvalue weighted by Crippen LogP contribution is 2.49. The molecule has 0 bridgehead atoms. The Morgan fingerprint density at radius 1 is 0.818 bits per heavy atom. The number of benzene rings is 2. The highest BCUT2D eigenvalue weighted by Gasteiger charge is 2.27. The summed E-state index contributed by atoms with van der Waals surface area (Å²) in [4.78, 5) is 0. The normalized spacial score (nSPS) is 18.0. The van der Waals surface area contributed by atoms with E-state index in [2.05, 4.69) is 43.3 Å². The summed E-state index contributed by atoms with van der Waals surface area (Å²) >= 11 is 0. The molecule has 0 N–H and O–H groups in total. The Morgan fingerprint density at radius 2 is 1.55 bits per heavy atom. The summed E-state index contributed by atoms with van der Waals surface area (Å²) in [6.45, 7) is 2.27. The first-order chi connectivity index (χ1) is 10.8. The predicted molar refractivity (Wildman–Crippen MR) is 93.1 cm³/mol. The van der Waals surface area contributed by atoms with Gasteiger partial charge in [-0.2, -0.15) is 0 Å². The SMILES string of the molecule is Cc1ccc2c(c1C1CCCCCCC1)[N]c1ccccc1-2. The highest BCUT2D eigenvalue weighted by molar-refractivity contribution is 5.92. The summed E-state index contributed by atoms with van der Waals surface area (Å²) in [5, 5.41) is 5.01. The van der Waals surface area contributed by atoms with Crippen LogP contribution in [-0.4, -0.2) is 0 Å². The minimum atomic E-state index is 0.702. The second kappa shape index (κ2) is 5.79. The van der Waals surface area contributed by atoms with E-state index < -0.39 is 0 Å². The molecule has 1 nitrogen and oxygen atoms in total. The molecular formula is C21H24N. The zero-order chi connectivity index (χ0) is 14.9. The third kappa shape index (κ3) is 2.33. The molecule has 2 aliphatic rings. The van der Waals surface area contributed by atoms with E-state index in [1.807, 2.05) is 0 Å². The van der Waals surface area contributed by atoms with Crippen molar-refractivity contribution in [2.75, 3.05) is 0 Å². The van der Waals surface area contributed by atoms with Crippen molar-refractivity contribution in [2.24, 2.45) is 0 Å². The first-order valence-corrected chi connectivity index (χ1v) is 8.79. The maximum Gasteiger partial charge on any atom is 0.0753 e. The molecule has 1 radical (unpaired) electrons. The highest BCUT2D eigenvalue weighted by atomic mass is 14.9. The van der Waals surface area contributed by atoms with E-state index in [4.69, 9.17) is 5.32 Å². The molecular weight excluding hydrogens is 266 g/mol. The van der Waals surface area contributed by atoms with E-state index in [-0.39, 0.29) is 0 Å². The number of hydrogen-bond donors (Lipinski definition) is 0. The molecule has 0 saturated heterocycles. The second-order valence-electron chi connectivity index (χ2n) is 6.86. The Hall–Kier alpha value is -1.76. The smallest absolute Gasteiger partial charge is 0.0753 e. The minimum absolute atomic E-state index is 0.702. The van der Waals surface area contributed by atoms with Crippen LogP contribution >= 0.6 is 0 Å². The topological polar surface area (TPSA) is 14.1 Å². The number of fused-ring (bicyclic) bond motifs is 3. The van der Waals surface area contributed by atoms with Crippen molar-refractivity contribution >= 4 is 11.4 Å². The molecule has 1 aliphatic carbocycles. The van der Waals surface area contributed by atoms with Crippen molar-refractivity contribution in [3.63, 3.8) is 0 Å². The molecule has 0 aromatic heterocycles. The maximum atomic E-state index is 5.01. The first kappa shape index (κ1) is 13.9.